The number of ether oxygens (including phenoxy) is 2. The minimum Gasteiger partial charge on any atom is -0.497 e. The minimum absolute atomic E-state index is 0.163. The summed E-state index contributed by atoms with van der Waals surface area (Å²) in [4.78, 5) is 0. The Morgan fingerprint density at radius 2 is 1.31 bits per heavy atom. The Morgan fingerprint density at radius 3 is 1.82 bits per heavy atom. The number of aliphatic hydroxyl groups excluding tert-OH is 1. The molecule has 0 aromatic heterocycles. The minimum atomic E-state index is -3.32. The van der Waals surface area contributed by atoms with Gasteiger partial charge in [-0.3, -0.25) is 0 Å². The summed E-state index contributed by atoms with van der Waals surface area (Å²) in [5, 5.41) is 13.5. The van der Waals surface area contributed by atoms with Crippen LogP contribution in [0.4, 0.5) is 0 Å². The first-order valence-electron chi connectivity index (χ1n) is 13.7. The largest absolute Gasteiger partial charge is 0.497 e. The predicted octanol–water partition coefficient (Wildman–Crippen LogP) is 7.28. The van der Waals surface area contributed by atoms with Gasteiger partial charge in [0.2, 0.25) is 0 Å². The van der Waals surface area contributed by atoms with Crippen molar-refractivity contribution in [3.8, 4) is 5.75 Å². The number of methoxy groups -OCH3 is 1. The van der Waals surface area contributed by atoms with Gasteiger partial charge in [0, 0.05) is 10.6 Å². The third-order valence-corrected chi connectivity index (χ3v) is 10.8. The summed E-state index contributed by atoms with van der Waals surface area (Å²) >= 11 is 0. The number of unbranched alkanes of at least 4 members (excludes halogenated alkanes) is 1. The van der Waals surface area contributed by atoms with E-state index in [1.165, 1.54) is 0 Å². The molecule has 0 aliphatic rings. The van der Waals surface area contributed by atoms with Crippen molar-refractivity contribution in [1.82, 2.24) is 0 Å². The molecule has 1 N–H and O–H groups in total. The number of aliphatic hydroxyl groups is 1. The summed E-state index contributed by atoms with van der Waals surface area (Å²) in [7, 11) is -1.70. The molecule has 204 valence electrons. The van der Waals surface area contributed by atoms with Crippen LogP contribution in [0.15, 0.2) is 115 Å². The molecule has 39 heavy (non-hydrogen) atoms. The molecule has 0 heterocycles. The van der Waals surface area contributed by atoms with Gasteiger partial charge >= 0.3 is 0 Å². The van der Waals surface area contributed by atoms with E-state index in [1.807, 2.05) is 103 Å². The normalized spacial score (nSPS) is 13.9. The van der Waals surface area contributed by atoms with Crippen LogP contribution in [-0.4, -0.2) is 24.0 Å². The zero-order chi connectivity index (χ0) is 27.5. The molecule has 0 spiro atoms. The quantitative estimate of drug-likeness (QED) is 0.170. The number of hydrogen-bond acceptors (Lipinski definition) is 4. The van der Waals surface area contributed by atoms with Crippen molar-refractivity contribution in [3.05, 3.63) is 126 Å². The molecule has 4 nitrogen and oxygen atoms in total. The predicted molar refractivity (Wildman–Crippen MR) is 161 cm³/mol. The molecular formula is C34H39O4P. The molecule has 0 unspecified atom stereocenters. The van der Waals surface area contributed by atoms with E-state index in [1.54, 1.807) is 7.11 Å². The van der Waals surface area contributed by atoms with E-state index in [9.17, 15) is 5.11 Å². The number of benzene rings is 4. The van der Waals surface area contributed by atoms with Crippen molar-refractivity contribution in [2.45, 2.75) is 57.1 Å². The van der Waals surface area contributed by atoms with Crippen molar-refractivity contribution in [2.24, 2.45) is 0 Å². The van der Waals surface area contributed by atoms with E-state index in [-0.39, 0.29) is 6.10 Å². The van der Waals surface area contributed by atoms with Gasteiger partial charge in [-0.25, -0.2) is 0 Å². The Hall–Kier alpha value is -3.17. The lowest BCUT2D eigenvalue weighted by Crippen LogP contribution is -2.34. The zero-order valence-electron chi connectivity index (χ0n) is 22.9. The van der Waals surface area contributed by atoms with E-state index in [2.05, 4.69) is 19.1 Å². The van der Waals surface area contributed by atoms with Crippen LogP contribution in [0.3, 0.4) is 0 Å². The second-order valence-corrected chi connectivity index (χ2v) is 12.9. The highest BCUT2D eigenvalue weighted by Crippen LogP contribution is 2.55. The molecule has 4 aromatic rings. The summed E-state index contributed by atoms with van der Waals surface area (Å²) in [5.41, 5.74) is 1.22. The first-order chi connectivity index (χ1) is 19.1. The van der Waals surface area contributed by atoms with Gasteiger partial charge < -0.3 is 19.1 Å². The lowest BCUT2D eigenvalue weighted by molar-refractivity contribution is 0.0185. The second kappa shape index (κ2) is 14.3. The second-order valence-electron chi connectivity index (χ2n) is 9.91. The van der Waals surface area contributed by atoms with Crippen LogP contribution >= 0.6 is 7.14 Å². The molecule has 0 aliphatic heterocycles. The molecule has 4 rings (SSSR count). The molecule has 0 bridgehead atoms. The lowest BCUT2D eigenvalue weighted by Gasteiger charge is -2.35. The Balaban J connectivity index is 1.78. The van der Waals surface area contributed by atoms with Crippen molar-refractivity contribution >= 4 is 17.8 Å². The van der Waals surface area contributed by atoms with Crippen LogP contribution in [-0.2, 0) is 15.9 Å². The molecular weight excluding hydrogens is 503 g/mol. The molecule has 3 atom stereocenters. The Labute approximate surface area is 233 Å². The molecule has 0 saturated heterocycles. The zero-order valence-corrected chi connectivity index (χ0v) is 23.8. The maximum atomic E-state index is 15.5. The molecule has 4 aromatic carbocycles. The van der Waals surface area contributed by atoms with E-state index >= 15 is 4.57 Å². The van der Waals surface area contributed by atoms with Crippen LogP contribution < -0.4 is 15.3 Å². The highest BCUT2D eigenvalue weighted by Gasteiger charge is 2.42. The van der Waals surface area contributed by atoms with Gasteiger partial charge in [-0.2, -0.15) is 0 Å². The maximum absolute atomic E-state index is 15.5. The highest BCUT2D eigenvalue weighted by atomic mass is 31.2. The van der Waals surface area contributed by atoms with Crippen molar-refractivity contribution in [3.63, 3.8) is 0 Å². The van der Waals surface area contributed by atoms with E-state index in [4.69, 9.17) is 9.47 Å². The standard InChI is InChI=1S/C34H39O4P/c1-3-4-16-30(38-26-27-14-8-5-9-15-27)25-33(34(35)28-21-23-29(37-2)24-22-28)39(36,31-17-10-6-11-18-31)32-19-12-7-13-20-32/h5-15,17-24,30,33-35H,3-4,16,25-26H2,1-2H3/t30-,33+,34+/m1/s1. The molecule has 5 heteroatoms. The fourth-order valence-corrected chi connectivity index (χ4v) is 8.49. The average Bonchev–Trinajstić information content (AvgIpc) is 3.01. The summed E-state index contributed by atoms with van der Waals surface area (Å²) in [6, 6.07) is 36.8. The first kappa shape index (κ1) is 28.8. The van der Waals surface area contributed by atoms with Gasteiger partial charge in [-0.05, 0) is 36.1 Å². The van der Waals surface area contributed by atoms with Crippen molar-refractivity contribution < 1.29 is 19.1 Å². The summed E-state index contributed by atoms with van der Waals surface area (Å²) < 4.78 is 27.3. The Kier molecular flexibility index (Phi) is 10.6. The van der Waals surface area contributed by atoms with E-state index in [0.29, 0.717) is 24.3 Å². The van der Waals surface area contributed by atoms with Crippen LogP contribution in [0.2, 0.25) is 0 Å². The molecule has 0 radical (unpaired) electrons. The van der Waals surface area contributed by atoms with Gasteiger partial charge in [-0.1, -0.05) is 123 Å². The van der Waals surface area contributed by atoms with E-state index in [0.717, 1.165) is 35.4 Å². The summed E-state index contributed by atoms with van der Waals surface area (Å²) in [6.45, 7) is 2.64. The average molecular weight is 543 g/mol. The Morgan fingerprint density at radius 1 is 0.769 bits per heavy atom. The number of hydrogen-bond donors (Lipinski definition) is 1. The molecule has 0 fully saturated rings. The highest BCUT2D eigenvalue weighted by molar-refractivity contribution is 7.79. The number of rotatable bonds is 14. The Bertz CT molecular complexity index is 1250. The van der Waals surface area contributed by atoms with E-state index < -0.39 is 18.9 Å². The van der Waals surface area contributed by atoms with Crippen molar-refractivity contribution in [2.75, 3.05) is 7.11 Å². The van der Waals surface area contributed by atoms with Crippen LogP contribution in [0.1, 0.15) is 49.8 Å². The fraction of sp³-hybridized carbons (Fsp3) is 0.294. The monoisotopic (exact) mass is 542 g/mol. The smallest absolute Gasteiger partial charge is 0.149 e. The van der Waals surface area contributed by atoms with Crippen LogP contribution in [0.25, 0.3) is 0 Å². The molecule has 0 aliphatic carbocycles. The van der Waals surface area contributed by atoms with Gasteiger partial charge in [-0.15, -0.1) is 0 Å². The third-order valence-electron chi connectivity index (χ3n) is 7.28. The van der Waals surface area contributed by atoms with Gasteiger partial charge in [0.25, 0.3) is 0 Å². The lowest BCUT2D eigenvalue weighted by atomic mass is 9.99. The van der Waals surface area contributed by atoms with Gasteiger partial charge in [0.15, 0.2) is 0 Å². The van der Waals surface area contributed by atoms with Crippen LogP contribution in [0, 0.1) is 0 Å². The third kappa shape index (κ3) is 7.28. The fourth-order valence-electron chi connectivity index (χ4n) is 5.09. The first-order valence-corrected chi connectivity index (χ1v) is 15.5. The van der Waals surface area contributed by atoms with Crippen LogP contribution in [0.5, 0.6) is 5.75 Å². The topological polar surface area (TPSA) is 55.8 Å². The summed E-state index contributed by atoms with van der Waals surface area (Å²) in [6.07, 6.45) is 2.19. The van der Waals surface area contributed by atoms with Gasteiger partial charge in [0.1, 0.15) is 12.9 Å². The van der Waals surface area contributed by atoms with Crippen molar-refractivity contribution in [1.29, 1.82) is 0 Å². The SMILES string of the molecule is CCCC[C@H](C[C@@H]([C@@H](O)c1ccc(OC)cc1)P(=O)(c1ccccc1)c1ccccc1)OCc1ccccc1. The van der Waals surface area contributed by atoms with Gasteiger partial charge in [0.05, 0.1) is 31.6 Å². The maximum Gasteiger partial charge on any atom is 0.149 e. The molecule has 0 amide bonds. The summed E-state index contributed by atoms with van der Waals surface area (Å²) in [5.74, 6) is 0.712. The molecule has 0 saturated carbocycles.